The molecule has 1 aromatic heterocycles. The smallest absolute Gasteiger partial charge is 0.233 e. The predicted octanol–water partition coefficient (Wildman–Crippen LogP) is 4.74. The minimum absolute atomic E-state index is 0.144. The molecule has 0 radical (unpaired) electrons. The highest BCUT2D eigenvalue weighted by Gasteiger charge is 2.19. The van der Waals surface area contributed by atoms with Crippen LogP contribution in [0.4, 0.5) is 20.9 Å². The van der Waals surface area contributed by atoms with Gasteiger partial charge in [0, 0.05) is 18.3 Å². The van der Waals surface area contributed by atoms with Gasteiger partial charge >= 0.3 is 0 Å². The number of thioether (sulfide) groups is 1. The van der Waals surface area contributed by atoms with Crippen molar-refractivity contribution in [3.63, 3.8) is 0 Å². The number of nitrogens with zero attached hydrogens (tertiary/aromatic N) is 2. The van der Waals surface area contributed by atoms with Crippen LogP contribution in [0.25, 0.3) is 0 Å². The van der Waals surface area contributed by atoms with Crippen molar-refractivity contribution in [2.75, 3.05) is 10.6 Å². The SMILES string of the molecule is CC(=O)Nc1cccc(Nc2nnc(SC(C)C(=O)NC(C)c3ccc(F)cc3)s2)c1. The molecule has 0 aliphatic heterocycles. The van der Waals surface area contributed by atoms with Crippen molar-refractivity contribution >= 4 is 51.4 Å². The van der Waals surface area contributed by atoms with Gasteiger partial charge in [-0.15, -0.1) is 10.2 Å². The molecule has 2 unspecified atom stereocenters. The molecule has 3 aromatic rings. The molecule has 1 heterocycles. The van der Waals surface area contributed by atoms with Crippen molar-refractivity contribution in [3.05, 3.63) is 59.9 Å². The summed E-state index contributed by atoms with van der Waals surface area (Å²) in [6.45, 7) is 5.10. The van der Waals surface area contributed by atoms with Crippen LogP contribution in [0.15, 0.2) is 52.9 Å². The molecule has 0 saturated heterocycles. The third kappa shape index (κ3) is 6.76. The van der Waals surface area contributed by atoms with Crippen LogP contribution in [0, 0.1) is 5.82 Å². The van der Waals surface area contributed by atoms with Gasteiger partial charge < -0.3 is 16.0 Å². The number of hydrogen-bond donors (Lipinski definition) is 3. The summed E-state index contributed by atoms with van der Waals surface area (Å²) < 4.78 is 13.7. The second-order valence-electron chi connectivity index (χ2n) is 6.80. The maximum atomic E-state index is 13.1. The van der Waals surface area contributed by atoms with E-state index in [2.05, 4.69) is 26.1 Å². The molecular weight excluding hydrogens is 437 g/mol. The van der Waals surface area contributed by atoms with Gasteiger partial charge in [-0.05, 0) is 49.7 Å². The molecule has 0 aliphatic rings. The van der Waals surface area contributed by atoms with E-state index >= 15 is 0 Å². The summed E-state index contributed by atoms with van der Waals surface area (Å²) >= 11 is 2.64. The number of amides is 2. The first kappa shape index (κ1) is 22.7. The zero-order chi connectivity index (χ0) is 22.4. The topological polar surface area (TPSA) is 96.0 Å². The lowest BCUT2D eigenvalue weighted by Gasteiger charge is -2.17. The molecule has 0 fully saturated rings. The zero-order valence-electron chi connectivity index (χ0n) is 17.2. The number of aromatic nitrogens is 2. The number of carbonyl (C=O) groups is 2. The fourth-order valence-electron chi connectivity index (χ4n) is 2.68. The van der Waals surface area contributed by atoms with E-state index in [1.165, 1.54) is 42.2 Å². The third-order valence-corrected chi connectivity index (χ3v) is 6.24. The fourth-order valence-corrected chi connectivity index (χ4v) is 4.60. The van der Waals surface area contributed by atoms with Gasteiger partial charge in [-0.3, -0.25) is 9.59 Å². The number of benzene rings is 2. The van der Waals surface area contributed by atoms with Gasteiger partial charge in [0.2, 0.25) is 16.9 Å². The van der Waals surface area contributed by atoms with Crippen molar-refractivity contribution in [1.82, 2.24) is 15.5 Å². The van der Waals surface area contributed by atoms with Crippen molar-refractivity contribution in [3.8, 4) is 0 Å². The van der Waals surface area contributed by atoms with Gasteiger partial charge in [-0.25, -0.2) is 4.39 Å². The molecule has 0 spiro atoms. The fraction of sp³-hybridized carbons (Fsp3) is 0.238. The molecule has 7 nitrogen and oxygen atoms in total. The standard InChI is InChI=1S/C21H22FN5O2S2/c1-12(15-7-9-16(22)10-8-15)23-19(29)13(2)30-21-27-26-20(31-21)25-18-6-4-5-17(11-18)24-14(3)28/h4-13H,1-3H3,(H,23,29)(H,24,28)(H,25,26). The summed E-state index contributed by atoms with van der Waals surface area (Å²) in [6, 6.07) is 13.1. The second kappa shape index (κ2) is 10.4. The van der Waals surface area contributed by atoms with Crippen LogP contribution in [0.2, 0.25) is 0 Å². The number of rotatable bonds is 8. The van der Waals surface area contributed by atoms with Gasteiger partial charge in [0.25, 0.3) is 0 Å². The molecule has 162 valence electrons. The average Bonchev–Trinajstić information content (AvgIpc) is 3.14. The molecule has 2 amide bonds. The summed E-state index contributed by atoms with van der Waals surface area (Å²) in [4.78, 5) is 23.7. The second-order valence-corrected chi connectivity index (χ2v) is 9.37. The van der Waals surface area contributed by atoms with Crippen LogP contribution < -0.4 is 16.0 Å². The van der Waals surface area contributed by atoms with Crippen LogP contribution in [0.3, 0.4) is 0 Å². The van der Waals surface area contributed by atoms with Crippen LogP contribution in [0.1, 0.15) is 32.4 Å². The van der Waals surface area contributed by atoms with Crippen LogP contribution >= 0.6 is 23.1 Å². The van der Waals surface area contributed by atoms with E-state index in [-0.39, 0.29) is 28.9 Å². The van der Waals surface area contributed by atoms with Gasteiger partial charge in [-0.1, -0.05) is 41.3 Å². The molecular formula is C21H22FN5O2S2. The van der Waals surface area contributed by atoms with Crippen LogP contribution in [-0.4, -0.2) is 27.3 Å². The maximum Gasteiger partial charge on any atom is 0.233 e. The van der Waals surface area contributed by atoms with Crippen LogP contribution in [0.5, 0.6) is 0 Å². The van der Waals surface area contributed by atoms with E-state index in [9.17, 15) is 14.0 Å². The van der Waals surface area contributed by atoms with Crippen molar-refractivity contribution < 1.29 is 14.0 Å². The van der Waals surface area contributed by atoms with Crippen molar-refractivity contribution in [2.24, 2.45) is 0 Å². The van der Waals surface area contributed by atoms with E-state index in [0.29, 0.717) is 15.2 Å². The molecule has 10 heteroatoms. The Balaban J connectivity index is 1.55. The summed E-state index contributed by atoms with van der Waals surface area (Å²) in [6.07, 6.45) is 0. The maximum absolute atomic E-state index is 13.1. The molecule has 0 aliphatic carbocycles. The molecule has 3 rings (SSSR count). The number of nitrogens with one attached hydrogen (secondary N) is 3. The number of anilines is 3. The Hall–Kier alpha value is -2.98. The van der Waals surface area contributed by atoms with Gasteiger partial charge in [0.1, 0.15) is 5.82 Å². The van der Waals surface area contributed by atoms with Gasteiger partial charge in [0.05, 0.1) is 11.3 Å². The minimum Gasteiger partial charge on any atom is -0.349 e. The van der Waals surface area contributed by atoms with Crippen molar-refractivity contribution in [2.45, 2.75) is 36.4 Å². The summed E-state index contributed by atoms with van der Waals surface area (Å²) in [7, 11) is 0. The van der Waals surface area contributed by atoms with Crippen LogP contribution in [-0.2, 0) is 9.59 Å². The summed E-state index contributed by atoms with van der Waals surface area (Å²) in [5.41, 5.74) is 2.27. The first-order valence-corrected chi connectivity index (χ1v) is 11.2. The molecule has 2 aromatic carbocycles. The van der Waals surface area contributed by atoms with Gasteiger partial charge in [-0.2, -0.15) is 0 Å². The predicted molar refractivity (Wildman–Crippen MR) is 122 cm³/mol. The Kier molecular flexibility index (Phi) is 7.59. The average molecular weight is 460 g/mol. The Morgan fingerprint density at radius 2 is 1.77 bits per heavy atom. The summed E-state index contributed by atoms with van der Waals surface area (Å²) in [5.74, 6) is -0.601. The Bertz CT molecular complexity index is 1060. The lowest BCUT2D eigenvalue weighted by Crippen LogP contribution is -2.33. The molecule has 2 atom stereocenters. The normalized spacial score (nSPS) is 12.6. The quantitative estimate of drug-likeness (QED) is 0.421. The monoisotopic (exact) mass is 459 g/mol. The molecule has 0 bridgehead atoms. The first-order chi connectivity index (χ1) is 14.8. The Labute approximate surface area is 187 Å². The largest absolute Gasteiger partial charge is 0.349 e. The Morgan fingerprint density at radius 1 is 1.06 bits per heavy atom. The molecule has 31 heavy (non-hydrogen) atoms. The minimum atomic E-state index is -0.383. The Morgan fingerprint density at radius 3 is 2.48 bits per heavy atom. The number of halogens is 1. The third-order valence-electron chi connectivity index (χ3n) is 4.22. The molecule has 3 N–H and O–H groups in total. The highest BCUT2D eigenvalue weighted by molar-refractivity contribution is 8.02. The number of carbonyl (C=O) groups excluding carboxylic acids is 2. The van der Waals surface area contributed by atoms with E-state index < -0.39 is 0 Å². The van der Waals surface area contributed by atoms with E-state index in [1.807, 2.05) is 19.1 Å². The van der Waals surface area contributed by atoms with E-state index in [0.717, 1.165) is 11.3 Å². The zero-order valence-corrected chi connectivity index (χ0v) is 18.8. The van der Waals surface area contributed by atoms with E-state index in [1.54, 1.807) is 31.2 Å². The summed E-state index contributed by atoms with van der Waals surface area (Å²) in [5, 5.41) is 17.2. The van der Waals surface area contributed by atoms with Gasteiger partial charge in [0.15, 0.2) is 4.34 Å². The highest BCUT2D eigenvalue weighted by atomic mass is 32.2. The molecule has 0 saturated carbocycles. The number of hydrogen-bond acceptors (Lipinski definition) is 7. The lowest BCUT2D eigenvalue weighted by molar-refractivity contribution is -0.121. The van der Waals surface area contributed by atoms with Crippen molar-refractivity contribution in [1.29, 1.82) is 0 Å². The first-order valence-electron chi connectivity index (χ1n) is 9.51. The lowest BCUT2D eigenvalue weighted by atomic mass is 10.1. The highest BCUT2D eigenvalue weighted by Crippen LogP contribution is 2.31. The van der Waals surface area contributed by atoms with E-state index in [4.69, 9.17) is 0 Å².